The van der Waals surface area contributed by atoms with Gasteiger partial charge in [-0.2, -0.15) is 5.10 Å². The van der Waals surface area contributed by atoms with E-state index in [2.05, 4.69) is 41.5 Å². The highest BCUT2D eigenvalue weighted by Gasteiger charge is 2.25. The molecule has 2 atom stereocenters. The van der Waals surface area contributed by atoms with E-state index in [4.69, 9.17) is 5.73 Å². The Hall–Kier alpha value is -0.870. The third kappa shape index (κ3) is 2.87. The Morgan fingerprint density at radius 1 is 1.47 bits per heavy atom. The van der Waals surface area contributed by atoms with Crippen molar-refractivity contribution in [2.75, 3.05) is 13.1 Å². The molecule has 1 aliphatic heterocycles. The first-order valence-corrected chi connectivity index (χ1v) is 6.58. The lowest BCUT2D eigenvalue weighted by atomic mass is 10.0. The van der Waals surface area contributed by atoms with Gasteiger partial charge in [-0.25, -0.2) is 0 Å². The fourth-order valence-electron chi connectivity index (χ4n) is 2.60. The summed E-state index contributed by atoms with van der Waals surface area (Å²) in [4.78, 5) is 2.49. The van der Waals surface area contributed by atoms with Crippen LogP contribution in [0.5, 0.6) is 0 Å². The first-order chi connectivity index (χ1) is 8.08. The average Bonchev–Trinajstić information content (AvgIpc) is 2.86. The summed E-state index contributed by atoms with van der Waals surface area (Å²) < 4.78 is 2.11. The van der Waals surface area contributed by atoms with Crippen molar-refractivity contribution in [1.29, 1.82) is 0 Å². The number of nitrogens with two attached hydrogens (primary N) is 1. The summed E-state index contributed by atoms with van der Waals surface area (Å²) in [6.45, 7) is 9.75. The van der Waals surface area contributed by atoms with Gasteiger partial charge in [-0.1, -0.05) is 0 Å². The minimum atomic E-state index is 0.315. The van der Waals surface area contributed by atoms with Crippen LogP contribution in [0.2, 0.25) is 0 Å². The summed E-state index contributed by atoms with van der Waals surface area (Å²) >= 11 is 0. The van der Waals surface area contributed by atoms with Gasteiger partial charge in [-0.05, 0) is 45.7 Å². The molecule has 0 amide bonds. The Balaban J connectivity index is 1.96. The molecular weight excluding hydrogens is 212 g/mol. The van der Waals surface area contributed by atoms with Crippen molar-refractivity contribution in [3.63, 3.8) is 0 Å². The molecule has 1 aromatic heterocycles. The van der Waals surface area contributed by atoms with Crippen LogP contribution in [0.4, 0.5) is 0 Å². The standard InChI is InChI=1S/C13H24N4/c1-10(2)17-13(4-6-15-17)9-16-7-5-12(8-16)11(3)14/h4,6,10-12H,5,7-9,14H2,1-3H3. The lowest BCUT2D eigenvalue weighted by Gasteiger charge is -2.19. The Morgan fingerprint density at radius 3 is 2.82 bits per heavy atom. The average molecular weight is 236 g/mol. The van der Waals surface area contributed by atoms with Crippen LogP contribution in [0.25, 0.3) is 0 Å². The Labute approximate surface area is 104 Å². The molecule has 1 aliphatic rings. The van der Waals surface area contributed by atoms with E-state index < -0.39 is 0 Å². The number of nitrogens with zero attached hydrogens (tertiary/aromatic N) is 3. The maximum atomic E-state index is 5.97. The van der Waals surface area contributed by atoms with E-state index in [-0.39, 0.29) is 0 Å². The van der Waals surface area contributed by atoms with E-state index in [1.54, 1.807) is 0 Å². The minimum Gasteiger partial charge on any atom is -0.328 e. The van der Waals surface area contributed by atoms with Crippen molar-refractivity contribution < 1.29 is 0 Å². The summed E-state index contributed by atoms with van der Waals surface area (Å²) in [5, 5.41) is 4.38. The van der Waals surface area contributed by atoms with Gasteiger partial charge in [0.05, 0.1) is 5.69 Å². The first-order valence-electron chi connectivity index (χ1n) is 6.58. The molecule has 17 heavy (non-hydrogen) atoms. The fourth-order valence-corrected chi connectivity index (χ4v) is 2.60. The van der Waals surface area contributed by atoms with Crippen molar-refractivity contribution >= 4 is 0 Å². The van der Waals surface area contributed by atoms with Crippen LogP contribution >= 0.6 is 0 Å². The minimum absolute atomic E-state index is 0.315. The highest BCUT2D eigenvalue weighted by atomic mass is 15.3. The molecule has 2 rings (SSSR count). The van der Waals surface area contributed by atoms with E-state index in [9.17, 15) is 0 Å². The molecule has 2 unspecified atom stereocenters. The number of aromatic nitrogens is 2. The van der Waals surface area contributed by atoms with E-state index in [0.717, 1.165) is 19.6 Å². The van der Waals surface area contributed by atoms with Crippen molar-refractivity contribution in [1.82, 2.24) is 14.7 Å². The highest BCUT2D eigenvalue weighted by molar-refractivity contribution is 5.02. The zero-order valence-electron chi connectivity index (χ0n) is 11.1. The normalized spacial score (nSPS) is 23.5. The second kappa shape index (κ2) is 5.19. The fraction of sp³-hybridized carbons (Fsp3) is 0.769. The summed E-state index contributed by atoms with van der Waals surface area (Å²) in [7, 11) is 0. The van der Waals surface area contributed by atoms with E-state index in [1.165, 1.54) is 12.1 Å². The molecule has 96 valence electrons. The monoisotopic (exact) mass is 236 g/mol. The predicted octanol–water partition coefficient (Wildman–Crippen LogP) is 1.63. The molecule has 0 radical (unpaired) electrons. The lowest BCUT2D eigenvalue weighted by Crippen LogP contribution is -2.30. The molecule has 1 fully saturated rings. The van der Waals surface area contributed by atoms with Crippen molar-refractivity contribution in [3.8, 4) is 0 Å². The molecule has 2 N–H and O–H groups in total. The molecule has 0 spiro atoms. The molecule has 2 heterocycles. The Kier molecular flexibility index (Phi) is 3.84. The molecule has 1 aromatic rings. The van der Waals surface area contributed by atoms with Gasteiger partial charge in [0.25, 0.3) is 0 Å². The number of likely N-dealkylation sites (tertiary alicyclic amines) is 1. The van der Waals surface area contributed by atoms with E-state index >= 15 is 0 Å². The SMILES string of the molecule is CC(N)C1CCN(Cc2ccnn2C(C)C)C1. The van der Waals surface area contributed by atoms with Crippen molar-refractivity contribution in [2.45, 2.75) is 45.8 Å². The van der Waals surface area contributed by atoms with Crippen LogP contribution in [0.1, 0.15) is 38.9 Å². The largest absolute Gasteiger partial charge is 0.328 e. The van der Waals surface area contributed by atoms with Gasteiger partial charge in [0.2, 0.25) is 0 Å². The van der Waals surface area contributed by atoms with Gasteiger partial charge in [0.1, 0.15) is 0 Å². The lowest BCUT2D eigenvalue weighted by molar-refractivity contribution is 0.295. The smallest absolute Gasteiger partial charge is 0.0527 e. The topological polar surface area (TPSA) is 47.1 Å². The zero-order chi connectivity index (χ0) is 12.4. The van der Waals surface area contributed by atoms with Crippen LogP contribution in [-0.4, -0.2) is 33.8 Å². The van der Waals surface area contributed by atoms with E-state index in [0.29, 0.717) is 18.0 Å². The molecule has 0 aliphatic carbocycles. The van der Waals surface area contributed by atoms with Gasteiger partial charge >= 0.3 is 0 Å². The Morgan fingerprint density at radius 2 is 2.24 bits per heavy atom. The van der Waals surface area contributed by atoms with Crippen molar-refractivity contribution in [3.05, 3.63) is 18.0 Å². The van der Waals surface area contributed by atoms with Crippen LogP contribution in [0.3, 0.4) is 0 Å². The second-order valence-electron chi connectivity index (χ2n) is 5.50. The Bertz CT molecular complexity index is 356. The first kappa shape index (κ1) is 12.6. The van der Waals surface area contributed by atoms with Gasteiger partial charge in [-0.3, -0.25) is 9.58 Å². The zero-order valence-corrected chi connectivity index (χ0v) is 11.1. The number of hydrogen-bond acceptors (Lipinski definition) is 3. The third-order valence-corrected chi connectivity index (χ3v) is 3.68. The molecule has 4 heteroatoms. The highest BCUT2D eigenvalue weighted by Crippen LogP contribution is 2.21. The predicted molar refractivity (Wildman–Crippen MR) is 69.6 cm³/mol. The maximum Gasteiger partial charge on any atom is 0.0527 e. The number of rotatable bonds is 4. The third-order valence-electron chi connectivity index (χ3n) is 3.68. The van der Waals surface area contributed by atoms with Crippen LogP contribution in [0.15, 0.2) is 12.3 Å². The summed E-state index contributed by atoms with van der Waals surface area (Å²) in [6.07, 6.45) is 3.13. The molecule has 0 bridgehead atoms. The van der Waals surface area contributed by atoms with Crippen molar-refractivity contribution in [2.24, 2.45) is 11.7 Å². The second-order valence-corrected chi connectivity index (χ2v) is 5.50. The van der Waals surface area contributed by atoms with Crippen LogP contribution in [0, 0.1) is 5.92 Å². The molecule has 4 nitrogen and oxygen atoms in total. The summed E-state index contributed by atoms with van der Waals surface area (Å²) in [5.74, 6) is 0.658. The number of hydrogen-bond donors (Lipinski definition) is 1. The quantitative estimate of drug-likeness (QED) is 0.864. The van der Waals surface area contributed by atoms with Gasteiger partial charge in [0, 0.05) is 31.4 Å². The van der Waals surface area contributed by atoms with Gasteiger partial charge in [0.15, 0.2) is 0 Å². The van der Waals surface area contributed by atoms with Gasteiger partial charge in [-0.15, -0.1) is 0 Å². The van der Waals surface area contributed by atoms with Crippen LogP contribution in [-0.2, 0) is 6.54 Å². The molecule has 0 aromatic carbocycles. The van der Waals surface area contributed by atoms with E-state index in [1.807, 2.05) is 6.20 Å². The summed E-state index contributed by atoms with van der Waals surface area (Å²) in [5.41, 5.74) is 7.28. The molecule has 1 saturated heterocycles. The van der Waals surface area contributed by atoms with Crippen LogP contribution < -0.4 is 5.73 Å². The molecular formula is C13H24N4. The van der Waals surface area contributed by atoms with Gasteiger partial charge < -0.3 is 5.73 Å². The summed E-state index contributed by atoms with van der Waals surface area (Å²) in [6, 6.07) is 2.88. The maximum absolute atomic E-state index is 5.97. The molecule has 0 saturated carbocycles.